The van der Waals surface area contributed by atoms with Crippen LogP contribution in [0.5, 0.6) is 0 Å². The van der Waals surface area contributed by atoms with Crippen molar-refractivity contribution < 1.29 is 9.90 Å². The quantitative estimate of drug-likeness (QED) is 0.619. The number of benzene rings is 2. The van der Waals surface area contributed by atoms with E-state index in [1.165, 1.54) is 6.07 Å². The topological polar surface area (TPSA) is 87.1 Å². The Morgan fingerprint density at radius 3 is 2.76 bits per heavy atom. The summed E-state index contributed by atoms with van der Waals surface area (Å²) in [5.74, 6) is -0.0328. The van der Waals surface area contributed by atoms with E-state index in [0.29, 0.717) is 22.5 Å². The van der Waals surface area contributed by atoms with Crippen molar-refractivity contribution in [3.63, 3.8) is 0 Å². The molecule has 2 aromatic carbocycles. The number of aryl methyl sites for hydroxylation is 1. The molecule has 0 amide bonds. The van der Waals surface area contributed by atoms with E-state index in [-0.39, 0.29) is 5.56 Å². The second-order valence-electron chi connectivity index (χ2n) is 5.36. The van der Waals surface area contributed by atoms with Crippen LogP contribution < -0.4 is 10.6 Å². The monoisotopic (exact) mass is 354 g/mol. The van der Waals surface area contributed by atoms with Crippen LogP contribution in [0.2, 0.25) is 5.02 Å². The molecule has 0 saturated carbocycles. The van der Waals surface area contributed by atoms with Gasteiger partial charge in [-0.05, 0) is 48.9 Å². The molecule has 7 heteroatoms. The van der Waals surface area contributed by atoms with E-state index in [0.717, 1.165) is 11.3 Å². The Hall–Kier alpha value is -3.12. The zero-order valence-corrected chi connectivity index (χ0v) is 14.1. The van der Waals surface area contributed by atoms with Crippen molar-refractivity contribution in [2.45, 2.75) is 6.92 Å². The third kappa shape index (κ3) is 4.24. The number of carbonyl (C=O) groups is 1. The molecule has 0 saturated heterocycles. The summed E-state index contributed by atoms with van der Waals surface area (Å²) in [5.41, 5.74) is 2.66. The average Bonchev–Trinajstić information content (AvgIpc) is 2.59. The number of aromatic carboxylic acids is 1. The molecule has 0 atom stereocenters. The van der Waals surface area contributed by atoms with Gasteiger partial charge in [-0.3, -0.25) is 0 Å². The summed E-state index contributed by atoms with van der Waals surface area (Å²) in [4.78, 5) is 19.6. The van der Waals surface area contributed by atoms with Gasteiger partial charge in [0.1, 0.15) is 5.82 Å². The van der Waals surface area contributed by atoms with Gasteiger partial charge in [-0.1, -0.05) is 23.7 Å². The van der Waals surface area contributed by atoms with Gasteiger partial charge in [0.15, 0.2) is 0 Å². The van der Waals surface area contributed by atoms with Gasteiger partial charge in [0.05, 0.1) is 5.56 Å². The number of carboxylic acid groups (broad SMARTS) is 1. The second kappa shape index (κ2) is 7.19. The van der Waals surface area contributed by atoms with Crippen molar-refractivity contribution in [2.75, 3.05) is 10.6 Å². The third-order valence-electron chi connectivity index (χ3n) is 3.48. The Morgan fingerprint density at radius 1 is 1.12 bits per heavy atom. The lowest BCUT2D eigenvalue weighted by molar-refractivity contribution is 0.0697. The molecule has 25 heavy (non-hydrogen) atoms. The van der Waals surface area contributed by atoms with Gasteiger partial charge in [-0.15, -0.1) is 0 Å². The predicted molar refractivity (Wildman–Crippen MR) is 98.2 cm³/mol. The number of nitrogens with zero attached hydrogens (tertiary/aromatic N) is 2. The minimum atomic E-state index is -0.981. The Labute approximate surface area is 149 Å². The van der Waals surface area contributed by atoms with E-state index in [4.69, 9.17) is 16.7 Å². The summed E-state index contributed by atoms with van der Waals surface area (Å²) in [7, 11) is 0. The van der Waals surface area contributed by atoms with E-state index in [9.17, 15) is 4.79 Å². The van der Waals surface area contributed by atoms with Crippen LogP contribution in [0.3, 0.4) is 0 Å². The first-order chi connectivity index (χ1) is 12.0. The molecule has 126 valence electrons. The normalized spacial score (nSPS) is 10.3. The summed E-state index contributed by atoms with van der Waals surface area (Å²) in [6.07, 6.45) is 1.61. The molecule has 0 radical (unpaired) electrons. The molecule has 0 aliphatic carbocycles. The number of carboxylic acids is 1. The summed E-state index contributed by atoms with van der Waals surface area (Å²) in [6.45, 7) is 1.96. The zero-order chi connectivity index (χ0) is 17.8. The number of nitrogens with one attached hydrogen (secondary N) is 2. The highest BCUT2D eigenvalue weighted by Gasteiger charge is 2.06. The number of anilines is 4. The third-order valence-corrected chi connectivity index (χ3v) is 3.72. The van der Waals surface area contributed by atoms with Crippen molar-refractivity contribution >= 4 is 40.7 Å². The molecule has 0 unspecified atom stereocenters. The first kappa shape index (κ1) is 16.7. The molecule has 0 bridgehead atoms. The van der Waals surface area contributed by atoms with Gasteiger partial charge < -0.3 is 15.7 Å². The van der Waals surface area contributed by atoms with Crippen LogP contribution >= 0.6 is 11.6 Å². The van der Waals surface area contributed by atoms with Crippen molar-refractivity contribution in [1.29, 1.82) is 0 Å². The second-order valence-corrected chi connectivity index (χ2v) is 5.80. The maximum atomic E-state index is 11.0. The smallest absolute Gasteiger partial charge is 0.335 e. The first-order valence-corrected chi connectivity index (χ1v) is 7.86. The highest BCUT2D eigenvalue weighted by Crippen LogP contribution is 2.23. The SMILES string of the molecule is Cc1ccc(Cl)cc1Nc1nccc(Nc2cccc(C(=O)O)c2)n1. The van der Waals surface area contributed by atoms with E-state index < -0.39 is 5.97 Å². The highest BCUT2D eigenvalue weighted by molar-refractivity contribution is 6.30. The predicted octanol–water partition coefficient (Wildman–Crippen LogP) is 4.62. The number of halogens is 1. The van der Waals surface area contributed by atoms with Crippen LogP contribution in [-0.2, 0) is 0 Å². The molecule has 3 N–H and O–H groups in total. The molecule has 0 spiro atoms. The van der Waals surface area contributed by atoms with Crippen LogP contribution in [0, 0.1) is 6.92 Å². The summed E-state index contributed by atoms with van der Waals surface area (Å²) in [5, 5.41) is 15.9. The van der Waals surface area contributed by atoms with E-state index in [1.54, 1.807) is 36.5 Å². The van der Waals surface area contributed by atoms with Crippen molar-refractivity contribution in [1.82, 2.24) is 9.97 Å². The van der Waals surface area contributed by atoms with Crippen LogP contribution in [0.4, 0.5) is 23.1 Å². The summed E-state index contributed by atoms with van der Waals surface area (Å²) in [6, 6.07) is 13.7. The van der Waals surface area contributed by atoms with Crippen molar-refractivity contribution in [3.05, 3.63) is 70.9 Å². The van der Waals surface area contributed by atoms with Crippen LogP contribution in [-0.4, -0.2) is 21.0 Å². The Kier molecular flexibility index (Phi) is 4.81. The lowest BCUT2D eigenvalue weighted by Crippen LogP contribution is -2.02. The van der Waals surface area contributed by atoms with E-state index in [2.05, 4.69) is 20.6 Å². The molecule has 0 fully saturated rings. The molecule has 1 heterocycles. The fraction of sp³-hybridized carbons (Fsp3) is 0.0556. The van der Waals surface area contributed by atoms with E-state index in [1.807, 2.05) is 19.1 Å². The van der Waals surface area contributed by atoms with Gasteiger partial charge in [-0.25, -0.2) is 9.78 Å². The highest BCUT2D eigenvalue weighted by atomic mass is 35.5. The number of hydrogen-bond donors (Lipinski definition) is 3. The fourth-order valence-electron chi connectivity index (χ4n) is 2.22. The zero-order valence-electron chi connectivity index (χ0n) is 13.3. The van der Waals surface area contributed by atoms with E-state index >= 15 is 0 Å². The van der Waals surface area contributed by atoms with Gasteiger partial charge in [0, 0.05) is 22.6 Å². The van der Waals surface area contributed by atoms with Gasteiger partial charge in [-0.2, -0.15) is 4.98 Å². The van der Waals surface area contributed by atoms with Gasteiger partial charge in [0.25, 0.3) is 0 Å². The molecule has 1 aromatic heterocycles. The van der Waals surface area contributed by atoms with Crippen LogP contribution in [0.15, 0.2) is 54.7 Å². The number of aromatic nitrogens is 2. The van der Waals surface area contributed by atoms with Crippen molar-refractivity contribution in [2.24, 2.45) is 0 Å². The lowest BCUT2D eigenvalue weighted by Gasteiger charge is -2.10. The maximum absolute atomic E-state index is 11.0. The number of rotatable bonds is 5. The Morgan fingerprint density at radius 2 is 1.96 bits per heavy atom. The minimum absolute atomic E-state index is 0.201. The minimum Gasteiger partial charge on any atom is -0.478 e. The first-order valence-electron chi connectivity index (χ1n) is 7.48. The van der Waals surface area contributed by atoms with Crippen molar-refractivity contribution in [3.8, 4) is 0 Å². The lowest BCUT2D eigenvalue weighted by atomic mass is 10.2. The molecule has 0 aliphatic heterocycles. The van der Waals surface area contributed by atoms with Crippen LogP contribution in [0.1, 0.15) is 15.9 Å². The molecular formula is C18H15ClN4O2. The molecule has 3 rings (SSSR count). The molecule has 3 aromatic rings. The Balaban J connectivity index is 1.81. The van der Waals surface area contributed by atoms with Crippen LogP contribution in [0.25, 0.3) is 0 Å². The standard InChI is InChI=1S/C18H15ClN4O2/c1-11-5-6-13(19)10-15(11)22-18-20-8-7-16(23-18)21-14-4-2-3-12(9-14)17(24)25/h2-10H,1H3,(H,24,25)(H2,20,21,22,23). The molecular weight excluding hydrogens is 340 g/mol. The van der Waals surface area contributed by atoms with Gasteiger partial charge >= 0.3 is 5.97 Å². The van der Waals surface area contributed by atoms with Gasteiger partial charge in [0.2, 0.25) is 5.95 Å². The summed E-state index contributed by atoms with van der Waals surface area (Å²) >= 11 is 6.02. The average molecular weight is 355 g/mol. The fourth-order valence-corrected chi connectivity index (χ4v) is 2.39. The largest absolute Gasteiger partial charge is 0.478 e. The summed E-state index contributed by atoms with van der Waals surface area (Å²) < 4.78 is 0. The maximum Gasteiger partial charge on any atom is 0.335 e. The molecule has 0 aliphatic rings. The Bertz CT molecular complexity index is 930. The number of hydrogen-bond acceptors (Lipinski definition) is 5. The molecule has 6 nitrogen and oxygen atoms in total.